The quantitative estimate of drug-likeness (QED) is 0.881. The number of benzene rings is 1. The molecule has 0 unspecified atom stereocenters. The number of piperidine rings is 1. The van der Waals surface area contributed by atoms with Gasteiger partial charge in [-0.2, -0.15) is 0 Å². The van der Waals surface area contributed by atoms with Crippen LogP contribution in [0.3, 0.4) is 0 Å². The van der Waals surface area contributed by atoms with Crippen LogP contribution in [0.5, 0.6) is 0 Å². The third-order valence-corrected chi connectivity index (χ3v) is 6.10. The fraction of sp³-hybridized carbons (Fsp3) is 0.591. The van der Waals surface area contributed by atoms with E-state index in [9.17, 15) is 4.79 Å². The van der Waals surface area contributed by atoms with Crippen LogP contribution in [0.25, 0.3) is 10.9 Å². The van der Waals surface area contributed by atoms with E-state index in [1.165, 1.54) is 22.0 Å². The summed E-state index contributed by atoms with van der Waals surface area (Å²) >= 11 is 0. The molecule has 3 atom stereocenters. The van der Waals surface area contributed by atoms with Crippen molar-refractivity contribution < 1.29 is 4.79 Å². The van der Waals surface area contributed by atoms with Crippen molar-refractivity contribution in [1.82, 2.24) is 15.2 Å². The molecule has 2 aliphatic rings. The zero-order chi connectivity index (χ0) is 18.5. The van der Waals surface area contributed by atoms with Crippen LogP contribution in [0.2, 0.25) is 0 Å². The Hall–Kier alpha value is -1.81. The summed E-state index contributed by atoms with van der Waals surface area (Å²) in [5.41, 5.74) is 3.83. The molecule has 1 fully saturated rings. The molecule has 2 N–H and O–H groups in total. The Morgan fingerprint density at radius 3 is 2.88 bits per heavy atom. The van der Waals surface area contributed by atoms with Crippen molar-refractivity contribution in [3.63, 3.8) is 0 Å². The highest BCUT2D eigenvalue weighted by Crippen LogP contribution is 2.43. The Morgan fingerprint density at radius 2 is 2.15 bits per heavy atom. The number of amides is 1. The molecular formula is C22H31N3O. The van der Waals surface area contributed by atoms with Crippen LogP contribution in [-0.4, -0.2) is 41.0 Å². The van der Waals surface area contributed by atoms with Gasteiger partial charge in [-0.25, -0.2) is 0 Å². The molecule has 2 aromatic rings. The van der Waals surface area contributed by atoms with E-state index >= 15 is 0 Å². The standard InChI is InChI=1S/C22H31N3O/c1-5-9-25-13-15(24-21(26)22(2,3)4)11-17-16-7-6-8-18-20(16)14(12-23-18)10-19(17)25/h6-8,12,15,17,19,23H,5,9-11,13H2,1-4H3,(H,24,26)/t15-,17+,19+/m0/s1. The van der Waals surface area contributed by atoms with Crippen LogP contribution >= 0.6 is 0 Å². The number of hydrogen-bond acceptors (Lipinski definition) is 2. The molecule has 0 radical (unpaired) electrons. The highest BCUT2D eigenvalue weighted by molar-refractivity contribution is 5.88. The molecule has 2 heterocycles. The van der Waals surface area contributed by atoms with Gasteiger partial charge in [0.1, 0.15) is 0 Å². The van der Waals surface area contributed by atoms with Gasteiger partial charge in [-0.15, -0.1) is 0 Å². The fourth-order valence-corrected chi connectivity index (χ4v) is 4.85. The average molecular weight is 354 g/mol. The zero-order valence-electron chi connectivity index (χ0n) is 16.4. The second-order valence-corrected chi connectivity index (χ2v) is 9.11. The number of likely N-dealkylation sites (tertiary alicyclic amines) is 1. The number of H-pyrrole nitrogens is 1. The van der Waals surface area contributed by atoms with E-state index in [4.69, 9.17) is 0 Å². The van der Waals surface area contributed by atoms with Gasteiger partial charge in [-0.1, -0.05) is 39.8 Å². The first-order valence-electron chi connectivity index (χ1n) is 10.0. The molecular weight excluding hydrogens is 322 g/mol. The van der Waals surface area contributed by atoms with Gasteiger partial charge in [0.25, 0.3) is 0 Å². The fourth-order valence-electron chi connectivity index (χ4n) is 4.85. The molecule has 1 aliphatic heterocycles. The third-order valence-electron chi connectivity index (χ3n) is 6.10. The average Bonchev–Trinajstić information content (AvgIpc) is 3.00. The van der Waals surface area contributed by atoms with Gasteiger partial charge in [-0.05, 0) is 43.0 Å². The SMILES string of the molecule is CCCN1C[C@@H](NC(=O)C(C)(C)C)C[C@@H]2c3cccc4[nH]cc(c34)C[C@H]21. The molecule has 4 heteroatoms. The van der Waals surface area contributed by atoms with E-state index in [0.29, 0.717) is 12.0 Å². The molecule has 4 rings (SSSR count). The maximum absolute atomic E-state index is 12.6. The number of hydrogen-bond donors (Lipinski definition) is 2. The summed E-state index contributed by atoms with van der Waals surface area (Å²) in [5, 5.41) is 4.77. The van der Waals surface area contributed by atoms with Crippen LogP contribution in [-0.2, 0) is 11.2 Å². The molecule has 1 amide bonds. The number of rotatable bonds is 3. The Balaban J connectivity index is 1.67. The number of fused-ring (bicyclic) bond motifs is 2. The van der Waals surface area contributed by atoms with Crippen LogP contribution in [0.4, 0.5) is 0 Å². The summed E-state index contributed by atoms with van der Waals surface area (Å²) in [4.78, 5) is 18.6. The summed E-state index contributed by atoms with van der Waals surface area (Å²) < 4.78 is 0. The molecule has 0 saturated carbocycles. The van der Waals surface area contributed by atoms with Crippen molar-refractivity contribution in [2.24, 2.45) is 5.41 Å². The Labute approximate surface area is 156 Å². The minimum atomic E-state index is -0.340. The van der Waals surface area contributed by atoms with Crippen LogP contribution in [0, 0.1) is 5.41 Å². The number of aromatic nitrogens is 1. The van der Waals surface area contributed by atoms with Crippen molar-refractivity contribution in [2.75, 3.05) is 13.1 Å². The second-order valence-electron chi connectivity index (χ2n) is 9.11. The minimum absolute atomic E-state index is 0.161. The van der Waals surface area contributed by atoms with Crippen molar-refractivity contribution in [1.29, 1.82) is 0 Å². The number of aromatic amines is 1. The highest BCUT2D eigenvalue weighted by Gasteiger charge is 2.41. The lowest BCUT2D eigenvalue weighted by molar-refractivity contribution is -0.129. The van der Waals surface area contributed by atoms with Gasteiger partial charge in [-0.3, -0.25) is 9.69 Å². The number of nitrogens with one attached hydrogen (secondary N) is 2. The van der Waals surface area contributed by atoms with Crippen molar-refractivity contribution in [3.05, 3.63) is 35.5 Å². The largest absolute Gasteiger partial charge is 0.361 e. The van der Waals surface area contributed by atoms with E-state index in [2.05, 4.69) is 46.5 Å². The molecule has 1 aliphatic carbocycles. The number of nitrogens with zero attached hydrogens (tertiary/aromatic N) is 1. The maximum atomic E-state index is 12.6. The maximum Gasteiger partial charge on any atom is 0.225 e. The van der Waals surface area contributed by atoms with Gasteiger partial charge >= 0.3 is 0 Å². The van der Waals surface area contributed by atoms with Gasteiger partial charge in [0.15, 0.2) is 0 Å². The summed E-state index contributed by atoms with van der Waals surface area (Å²) in [6.07, 6.45) is 5.49. The predicted octanol–water partition coefficient (Wildman–Crippen LogP) is 3.82. The van der Waals surface area contributed by atoms with Crippen LogP contribution in [0.1, 0.15) is 57.6 Å². The van der Waals surface area contributed by atoms with Crippen LogP contribution in [0.15, 0.2) is 24.4 Å². The smallest absolute Gasteiger partial charge is 0.225 e. The summed E-state index contributed by atoms with van der Waals surface area (Å²) in [6.45, 7) is 10.3. The summed E-state index contributed by atoms with van der Waals surface area (Å²) in [5.74, 6) is 0.654. The lowest BCUT2D eigenvalue weighted by Gasteiger charge is -2.47. The van der Waals surface area contributed by atoms with Crippen molar-refractivity contribution >= 4 is 16.8 Å². The van der Waals surface area contributed by atoms with E-state index in [1.54, 1.807) is 0 Å². The summed E-state index contributed by atoms with van der Waals surface area (Å²) in [6, 6.07) is 7.42. The van der Waals surface area contributed by atoms with Gasteiger partial charge < -0.3 is 10.3 Å². The van der Waals surface area contributed by atoms with Gasteiger partial charge in [0, 0.05) is 47.1 Å². The molecule has 1 aromatic heterocycles. The Kier molecular flexibility index (Phi) is 4.34. The van der Waals surface area contributed by atoms with E-state index in [-0.39, 0.29) is 17.4 Å². The molecule has 1 aromatic carbocycles. The van der Waals surface area contributed by atoms with Crippen LogP contribution < -0.4 is 5.32 Å². The number of carbonyl (C=O) groups excluding carboxylic acids is 1. The lowest BCUT2D eigenvalue weighted by Crippen LogP contribution is -2.57. The molecule has 26 heavy (non-hydrogen) atoms. The first-order valence-corrected chi connectivity index (χ1v) is 10.0. The topological polar surface area (TPSA) is 48.1 Å². The molecule has 4 nitrogen and oxygen atoms in total. The third kappa shape index (κ3) is 2.94. The van der Waals surface area contributed by atoms with Crippen molar-refractivity contribution in [3.8, 4) is 0 Å². The Bertz CT molecular complexity index is 816. The Morgan fingerprint density at radius 1 is 1.35 bits per heavy atom. The molecule has 0 spiro atoms. The van der Waals surface area contributed by atoms with Gasteiger partial charge in [0.05, 0.1) is 0 Å². The highest BCUT2D eigenvalue weighted by atomic mass is 16.2. The van der Waals surface area contributed by atoms with E-state index in [1.807, 2.05) is 20.8 Å². The van der Waals surface area contributed by atoms with E-state index < -0.39 is 0 Å². The first kappa shape index (κ1) is 17.6. The zero-order valence-corrected chi connectivity index (χ0v) is 16.4. The monoisotopic (exact) mass is 353 g/mol. The summed E-state index contributed by atoms with van der Waals surface area (Å²) in [7, 11) is 0. The minimum Gasteiger partial charge on any atom is -0.361 e. The van der Waals surface area contributed by atoms with E-state index in [0.717, 1.165) is 32.4 Å². The molecule has 1 saturated heterocycles. The second kappa shape index (κ2) is 6.41. The molecule has 0 bridgehead atoms. The number of carbonyl (C=O) groups is 1. The first-order chi connectivity index (χ1) is 12.4. The van der Waals surface area contributed by atoms with Gasteiger partial charge in [0.2, 0.25) is 5.91 Å². The van der Waals surface area contributed by atoms with Crippen molar-refractivity contribution in [2.45, 2.75) is 65.0 Å². The lowest BCUT2D eigenvalue weighted by atomic mass is 9.73. The normalized spacial score (nSPS) is 25.9. The predicted molar refractivity (Wildman–Crippen MR) is 106 cm³/mol. The molecule has 140 valence electrons.